The van der Waals surface area contributed by atoms with Crippen LogP contribution in [0.1, 0.15) is 38.2 Å². The first-order valence-corrected chi connectivity index (χ1v) is 12.8. The molecule has 1 unspecified atom stereocenters. The summed E-state index contributed by atoms with van der Waals surface area (Å²) in [5.74, 6) is -0.213. The first kappa shape index (κ1) is 23.5. The Morgan fingerprint density at radius 1 is 1.00 bits per heavy atom. The van der Waals surface area contributed by atoms with Crippen molar-refractivity contribution in [3.05, 3.63) is 84.2 Å². The molecule has 2 saturated carbocycles. The van der Waals surface area contributed by atoms with Crippen LogP contribution in [0.3, 0.4) is 0 Å². The standard InChI is InChI=1S/C31H33N3O3/c1-33(2)27-12-10-25(11-13-27)24-7-3-21(4-8-24)20-34(31(37)29-17-22-5-9-26(29)15-22)28-16-23(18-32-19-28)6-14-30(35)36/h3-4,6-8,10-14,16,18-19,22,26,29H,5,9,15,17,20H2,1-2H3,(H,35,36)/b14-6+/t22-,26+,29-/m1/s1/i20D/t20?,22-,26+,29-. The molecule has 2 aromatic carbocycles. The Hall–Kier alpha value is -3.93. The SMILES string of the molecule is [2H]C(c1ccc(-c2ccc(N(C)C)cc2)cc1)N(C(=O)[C@@H]1C[C@@H]2CC[C@H]1C2)c1cncc(/C=C/C(=O)O)c1. The third kappa shape index (κ3) is 5.58. The molecule has 5 rings (SSSR count). The Morgan fingerprint density at radius 2 is 1.70 bits per heavy atom. The fraction of sp³-hybridized carbons (Fsp3) is 0.323. The van der Waals surface area contributed by atoms with E-state index in [0.717, 1.165) is 42.2 Å². The first-order chi connectivity index (χ1) is 18.3. The summed E-state index contributed by atoms with van der Waals surface area (Å²) in [6.07, 6.45) is 9.86. The summed E-state index contributed by atoms with van der Waals surface area (Å²) in [6, 6.07) is 17.9. The van der Waals surface area contributed by atoms with Crippen molar-refractivity contribution < 1.29 is 16.1 Å². The van der Waals surface area contributed by atoms with Crippen LogP contribution in [0.25, 0.3) is 17.2 Å². The maximum absolute atomic E-state index is 14.0. The second-order valence-electron chi connectivity index (χ2n) is 10.3. The van der Waals surface area contributed by atoms with E-state index in [1.165, 1.54) is 12.5 Å². The molecule has 0 aliphatic heterocycles. The van der Waals surface area contributed by atoms with Crippen molar-refractivity contribution in [2.75, 3.05) is 23.9 Å². The highest BCUT2D eigenvalue weighted by atomic mass is 16.4. The Balaban J connectivity index is 1.45. The summed E-state index contributed by atoms with van der Waals surface area (Å²) in [5, 5.41) is 9.02. The number of amides is 1. The normalized spacial score (nSPS) is 21.6. The Morgan fingerprint density at radius 3 is 2.30 bits per heavy atom. The second kappa shape index (κ2) is 10.6. The van der Waals surface area contributed by atoms with Gasteiger partial charge in [0.2, 0.25) is 5.91 Å². The van der Waals surface area contributed by atoms with Crippen molar-refractivity contribution in [2.45, 2.75) is 32.2 Å². The molecule has 4 atom stereocenters. The Kier molecular flexibility index (Phi) is 6.72. The van der Waals surface area contributed by atoms with E-state index >= 15 is 0 Å². The summed E-state index contributed by atoms with van der Waals surface area (Å²) < 4.78 is 9.19. The average molecular weight is 497 g/mol. The lowest BCUT2D eigenvalue weighted by Crippen LogP contribution is -2.38. The summed E-state index contributed by atoms with van der Waals surface area (Å²) in [5.41, 5.74) is 5.04. The lowest BCUT2D eigenvalue weighted by atomic mass is 9.87. The van der Waals surface area contributed by atoms with E-state index in [1.54, 1.807) is 23.4 Å². The van der Waals surface area contributed by atoms with E-state index in [4.69, 9.17) is 5.11 Å². The van der Waals surface area contributed by atoms with E-state index in [9.17, 15) is 11.0 Å². The molecule has 1 heterocycles. The lowest BCUT2D eigenvalue weighted by molar-refractivity contribution is -0.131. The quantitative estimate of drug-likeness (QED) is 0.394. The summed E-state index contributed by atoms with van der Waals surface area (Å²) in [7, 11) is 4.02. The smallest absolute Gasteiger partial charge is 0.328 e. The van der Waals surface area contributed by atoms with Gasteiger partial charge in [0, 0.05) is 38.0 Å². The number of fused-ring (bicyclic) bond motifs is 2. The van der Waals surface area contributed by atoms with Gasteiger partial charge in [0.1, 0.15) is 0 Å². The topological polar surface area (TPSA) is 73.7 Å². The highest BCUT2D eigenvalue weighted by molar-refractivity contribution is 5.95. The van der Waals surface area contributed by atoms with Crippen molar-refractivity contribution in [2.24, 2.45) is 17.8 Å². The van der Waals surface area contributed by atoms with Gasteiger partial charge in [0.15, 0.2) is 0 Å². The van der Waals surface area contributed by atoms with Crippen LogP contribution in [-0.2, 0) is 16.1 Å². The first-order valence-electron chi connectivity index (χ1n) is 13.4. The zero-order valence-electron chi connectivity index (χ0n) is 22.2. The van der Waals surface area contributed by atoms with Gasteiger partial charge in [-0.15, -0.1) is 0 Å². The zero-order valence-corrected chi connectivity index (χ0v) is 21.2. The maximum Gasteiger partial charge on any atom is 0.328 e. The molecule has 1 N–H and O–H groups in total. The predicted octanol–water partition coefficient (Wildman–Crippen LogP) is 5.88. The third-order valence-corrected chi connectivity index (χ3v) is 7.64. The van der Waals surface area contributed by atoms with Gasteiger partial charge < -0.3 is 14.9 Å². The fourth-order valence-electron chi connectivity index (χ4n) is 5.69. The van der Waals surface area contributed by atoms with E-state index in [0.29, 0.717) is 28.7 Å². The number of rotatable bonds is 8. The minimum absolute atomic E-state index is 0.0401. The molecular weight excluding hydrogens is 462 g/mol. The molecule has 6 heteroatoms. The summed E-state index contributed by atoms with van der Waals surface area (Å²) >= 11 is 0. The molecule has 1 amide bonds. The Bertz CT molecular complexity index is 1340. The van der Waals surface area contributed by atoms with Crippen LogP contribution >= 0.6 is 0 Å². The van der Waals surface area contributed by atoms with Crippen molar-refractivity contribution in [1.29, 1.82) is 0 Å². The zero-order chi connectivity index (χ0) is 26.8. The third-order valence-electron chi connectivity index (χ3n) is 7.64. The number of carbonyl (C=O) groups is 2. The van der Waals surface area contributed by atoms with Gasteiger partial charge in [0.05, 0.1) is 19.8 Å². The van der Waals surface area contributed by atoms with Gasteiger partial charge in [-0.1, -0.05) is 42.8 Å². The summed E-state index contributed by atoms with van der Waals surface area (Å²) in [4.78, 5) is 32.9. The highest BCUT2D eigenvalue weighted by Gasteiger charge is 2.44. The number of aromatic nitrogens is 1. The molecule has 2 bridgehead atoms. The van der Waals surface area contributed by atoms with E-state index in [1.807, 2.05) is 38.4 Å². The fourth-order valence-corrected chi connectivity index (χ4v) is 5.69. The number of carbonyl (C=O) groups excluding carboxylic acids is 1. The van der Waals surface area contributed by atoms with E-state index < -0.39 is 12.5 Å². The molecule has 190 valence electrons. The molecule has 1 aromatic heterocycles. The Labute approximate surface area is 219 Å². The largest absolute Gasteiger partial charge is 0.478 e. The molecule has 0 spiro atoms. The molecule has 2 aliphatic rings. The number of carboxylic acids is 1. The predicted molar refractivity (Wildman–Crippen MR) is 147 cm³/mol. The van der Waals surface area contributed by atoms with Crippen LogP contribution in [0.4, 0.5) is 11.4 Å². The number of anilines is 2. The van der Waals surface area contributed by atoms with Crippen LogP contribution < -0.4 is 9.80 Å². The van der Waals surface area contributed by atoms with Crippen molar-refractivity contribution in [1.82, 2.24) is 4.98 Å². The van der Waals surface area contributed by atoms with Crippen LogP contribution in [-0.4, -0.2) is 36.1 Å². The molecule has 2 fully saturated rings. The second-order valence-corrected chi connectivity index (χ2v) is 10.3. The van der Waals surface area contributed by atoms with Crippen LogP contribution in [0.2, 0.25) is 0 Å². The van der Waals surface area contributed by atoms with Gasteiger partial charge in [-0.05, 0) is 77.6 Å². The highest BCUT2D eigenvalue weighted by Crippen LogP contribution is 2.49. The van der Waals surface area contributed by atoms with Gasteiger partial charge in [0.25, 0.3) is 0 Å². The van der Waals surface area contributed by atoms with Gasteiger partial charge in [-0.2, -0.15) is 0 Å². The lowest BCUT2D eigenvalue weighted by Gasteiger charge is -2.30. The number of benzene rings is 2. The van der Waals surface area contributed by atoms with Crippen molar-refractivity contribution in [3.63, 3.8) is 0 Å². The number of hydrogen-bond acceptors (Lipinski definition) is 4. The van der Waals surface area contributed by atoms with Gasteiger partial charge in [-0.3, -0.25) is 9.78 Å². The molecule has 6 nitrogen and oxygen atoms in total. The number of aliphatic carboxylic acids is 1. The number of pyridine rings is 1. The molecular formula is C31H33N3O3. The van der Waals surface area contributed by atoms with Crippen molar-refractivity contribution >= 4 is 29.3 Å². The average Bonchev–Trinajstić information content (AvgIpc) is 3.57. The van der Waals surface area contributed by atoms with Gasteiger partial charge in [-0.25, -0.2) is 4.79 Å². The molecule has 0 saturated heterocycles. The van der Waals surface area contributed by atoms with Crippen LogP contribution in [0.5, 0.6) is 0 Å². The molecule has 2 aliphatic carbocycles. The summed E-state index contributed by atoms with van der Waals surface area (Å²) in [6.45, 7) is -0.952. The van der Waals surface area contributed by atoms with E-state index in [2.05, 4.69) is 34.1 Å². The minimum atomic E-state index is -1.06. The molecule has 3 aromatic rings. The van der Waals surface area contributed by atoms with Gasteiger partial charge >= 0.3 is 5.97 Å². The number of nitrogens with zero attached hydrogens (tertiary/aromatic N) is 3. The van der Waals surface area contributed by atoms with E-state index in [-0.39, 0.29) is 11.8 Å². The van der Waals surface area contributed by atoms with Crippen molar-refractivity contribution in [3.8, 4) is 11.1 Å². The van der Waals surface area contributed by atoms with Crippen LogP contribution in [0.15, 0.2) is 73.1 Å². The number of hydrogen-bond donors (Lipinski definition) is 1. The maximum atomic E-state index is 14.0. The minimum Gasteiger partial charge on any atom is -0.478 e. The number of carboxylic acid groups (broad SMARTS) is 1. The molecule has 37 heavy (non-hydrogen) atoms. The molecule has 0 radical (unpaired) electrons. The monoisotopic (exact) mass is 496 g/mol. The van der Waals surface area contributed by atoms with Crippen LogP contribution in [0, 0.1) is 17.8 Å².